The van der Waals surface area contributed by atoms with Gasteiger partial charge in [0.25, 0.3) is 0 Å². The van der Waals surface area contributed by atoms with Gasteiger partial charge in [-0.25, -0.2) is 4.79 Å². The number of para-hydroxylation sites is 1. The van der Waals surface area contributed by atoms with Crippen LogP contribution in [0, 0.1) is 0 Å². The van der Waals surface area contributed by atoms with Crippen molar-refractivity contribution in [3.8, 4) is 0 Å². The highest BCUT2D eigenvalue weighted by Crippen LogP contribution is 2.44. The number of isocyanates is 1. The Bertz CT molecular complexity index is 589. The molecule has 0 atom stereocenters. The van der Waals surface area contributed by atoms with Crippen molar-refractivity contribution in [2.24, 2.45) is 4.99 Å². The number of nitrogens with one attached hydrogen (secondary N) is 1. The van der Waals surface area contributed by atoms with E-state index >= 15 is 0 Å². The van der Waals surface area contributed by atoms with Gasteiger partial charge in [-0.2, -0.15) is 10.1 Å². The molecular weight excluding hydrogens is 214 g/mol. The number of aromatic amines is 1. The van der Waals surface area contributed by atoms with Crippen LogP contribution in [-0.4, -0.2) is 16.3 Å². The van der Waals surface area contributed by atoms with Crippen molar-refractivity contribution < 1.29 is 4.79 Å². The highest BCUT2D eigenvalue weighted by molar-refractivity contribution is 5.82. The third-order valence-electron chi connectivity index (χ3n) is 3.67. The quantitative estimate of drug-likeness (QED) is 0.633. The smallest absolute Gasteiger partial charge is 0.235 e. The third kappa shape index (κ3) is 1.49. The number of fused-ring (bicyclic) bond motifs is 1. The summed E-state index contributed by atoms with van der Waals surface area (Å²) in [6.07, 6.45) is 7.59. The molecule has 0 saturated heterocycles. The van der Waals surface area contributed by atoms with Gasteiger partial charge in [-0.05, 0) is 12.8 Å². The fourth-order valence-corrected chi connectivity index (χ4v) is 2.85. The molecule has 0 aliphatic heterocycles. The van der Waals surface area contributed by atoms with Crippen LogP contribution in [0.2, 0.25) is 0 Å². The summed E-state index contributed by atoms with van der Waals surface area (Å²) in [5.74, 6) is 0. The van der Waals surface area contributed by atoms with E-state index in [1.54, 1.807) is 12.3 Å². The summed E-state index contributed by atoms with van der Waals surface area (Å²) in [5.41, 5.74) is 1.69. The van der Waals surface area contributed by atoms with Gasteiger partial charge in [-0.3, -0.25) is 5.10 Å². The maximum absolute atomic E-state index is 10.7. The van der Waals surface area contributed by atoms with Crippen LogP contribution in [0.1, 0.15) is 31.2 Å². The molecule has 0 amide bonds. The van der Waals surface area contributed by atoms with Crippen molar-refractivity contribution in [2.75, 3.05) is 0 Å². The highest BCUT2D eigenvalue weighted by atomic mass is 16.1. The minimum atomic E-state index is -0.381. The zero-order chi connectivity index (χ0) is 11.7. The predicted octanol–water partition coefficient (Wildman–Crippen LogP) is 2.67. The van der Waals surface area contributed by atoms with E-state index in [1.165, 1.54) is 0 Å². The van der Waals surface area contributed by atoms with Crippen LogP contribution in [0.5, 0.6) is 0 Å². The first kappa shape index (κ1) is 10.2. The molecule has 1 aromatic heterocycles. The second-order valence-corrected chi connectivity index (χ2v) is 4.58. The van der Waals surface area contributed by atoms with Crippen LogP contribution < -0.4 is 0 Å². The molecule has 1 N–H and O–H groups in total. The Kier molecular flexibility index (Phi) is 2.30. The maximum atomic E-state index is 10.7. The number of benzene rings is 1. The number of aromatic nitrogens is 2. The molecule has 1 aliphatic rings. The Morgan fingerprint density at radius 1 is 1.35 bits per heavy atom. The molecule has 4 heteroatoms. The van der Waals surface area contributed by atoms with E-state index in [0.29, 0.717) is 0 Å². The van der Waals surface area contributed by atoms with E-state index in [1.807, 2.05) is 18.2 Å². The number of H-pyrrole nitrogens is 1. The van der Waals surface area contributed by atoms with Crippen molar-refractivity contribution in [1.29, 1.82) is 0 Å². The van der Waals surface area contributed by atoms with Crippen molar-refractivity contribution in [3.63, 3.8) is 0 Å². The molecule has 4 nitrogen and oxygen atoms in total. The monoisotopic (exact) mass is 227 g/mol. The van der Waals surface area contributed by atoms with Gasteiger partial charge in [-0.15, -0.1) is 0 Å². The molecule has 1 aromatic carbocycles. The second-order valence-electron chi connectivity index (χ2n) is 4.58. The molecule has 86 valence electrons. The first-order valence-electron chi connectivity index (χ1n) is 5.87. The molecule has 0 unspecified atom stereocenters. The lowest BCUT2D eigenvalue weighted by molar-refractivity contribution is 0.459. The summed E-state index contributed by atoms with van der Waals surface area (Å²) in [7, 11) is 0. The summed E-state index contributed by atoms with van der Waals surface area (Å²) >= 11 is 0. The van der Waals surface area contributed by atoms with Gasteiger partial charge in [0.15, 0.2) is 0 Å². The first-order valence-corrected chi connectivity index (χ1v) is 5.87. The van der Waals surface area contributed by atoms with Gasteiger partial charge in [0, 0.05) is 10.9 Å². The minimum absolute atomic E-state index is 0.381. The molecule has 0 radical (unpaired) electrons. The lowest BCUT2D eigenvalue weighted by Gasteiger charge is -2.23. The van der Waals surface area contributed by atoms with Crippen LogP contribution in [-0.2, 0) is 10.3 Å². The Labute approximate surface area is 98.8 Å². The van der Waals surface area contributed by atoms with Crippen LogP contribution in [0.15, 0.2) is 29.4 Å². The van der Waals surface area contributed by atoms with Crippen LogP contribution in [0.3, 0.4) is 0 Å². The van der Waals surface area contributed by atoms with E-state index in [-0.39, 0.29) is 5.54 Å². The van der Waals surface area contributed by atoms with Crippen molar-refractivity contribution in [3.05, 3.63) is 30.0 Å². The van der Waals surface area contributed by atoms with E-state index in [4.69, 9.17) is 0 Å². The zero-order valence-corrected chi connectivity index (χ0v) is 9.44. The molecule has 0 spiro atoms. The van der Waals surface area contributed by atoms with Crippen molar-refractivity contribution in [2.45, 2.75) is 31.2 Å². The molecule has 0 bridgehead atoms. The standard InChI is InChI=1S/C13H13N3O/c17-9-14-13(6-1-2-7-13)11-5-3-4-10-8-15-16-12(10)11/h3-5,8H,1-2,6-7H2,(H,15,16). The number of hydrogen-bond acceptors (Lipinski definition) is 3. The fraction of sp³-hybridized carbons (Fsp3) is 0.385. The highest BCUT2D eigenvalue weighted by Gasteiger charge is 2.37. The fourth-order valence-electron chi connectivity index (χ4n) is 2.85. The van der Waals surface area contributed by atoms with Crippen molar-refractivity contribution >= 4 is 17.0 Å². The molecule has 1 saturated carbocycles. The van der Waals surface area contributed by atoms with Gasteiger partial charge in [-0.1, -0.05) is 31.0 Å². The van der Waals surface area contributed by atoms with Crippen LogP contribution in [0.4, 0.5) is 0 Å². The van der Waals surface area contributed by atoms with E-state index < -0.39 is 0 Å². The average Bonchev–Trinajstić information content (AvgIpc) is 2.97. The Morgan fingerprint density at radius 3 is 2.94 bits per heavy atom. The zero-order valence-electron chi connectivity index (χ0n) is 9.44. The topological polar surface area (TPSA) is 58.1 Å². The Morgan fingerprint density at radius 2 is 2.18 bits per heavy atom. The molecular formula is C13H13N3O. The number of aliphatic imine (C=N–C) groups is 1. The number of nitrogens with zero attached hydrogens (tertiary/aromatic N) is 2. The molecule has 1 aliphatic carbocycles. The van der Waals surface area contributed by atoms with E-state index in [2.05, 4.69) is 15.2 Å². The molecule has 3 rings (SSSR count). The first-order chi connectivity index (χ1) is 8.36. The average molecular weight is 227 g/mol. The largest absolute Gasteiger partial charge is 0.277 e. The number of carbonyl (C=O) groups excluding carboxylic acids is 1. The molecule has 1 fully saturated rings. The van der Waals surface area contributed by atoms with Crippen LogP contribution in [0.25, 0.3) is 10.9 Å². The van der Waals surface area contributed by atoms with Gasteiger partial charge in [0.05, 0.1) is 11.7 Å². The van der Waals surface area contributed by atoms with Gasteiger partial charge < -0.3 is 0 Å². The van der Waals surface area contributed by atoms with Gasteiger partial charge >= 0.3 is 0 Å². The summed E-state index contributed by atoms with van der Waals surface area (Å²) in [5, 5.41) is 8.13. The van der Waals surface area contributed by atoms with Gasteiger partial charge in [0.2, 0.25) is 6.08 Å². The van der Waals surface area contributed by atoms with E-state index in [9.17, 15) is 4.79 Å². The summed E-state index contributed by atoms with van der Waals surface area (Å²) in [6.45, 7) is 0. The van der Waals surface area contributed by atoms with E-state index in [0.717, 1.165) is 42.1 Å². The lowest BCUT2D eigenvalue weighted by Crippen LogP contribution is -2.19. The van der Waals surface area contributed by atoms with Gasteiger partial charge in [0.1, 0.15) is 5.54 Å². The number of rotatable bonds is 2. The summed E-state index contributed by atoms with van der Waals surface area (Å²) in [4.78, 5) is 14.8. The maximum Gasteiger partial charge on any atom is 0.235 e. The van der Waals surface area contributed by atoms with Crippen LogP contribution >= 0.6 is 0 Å². The lowest BCUT2D eigenvalue weighted by atomic mass is 9.87. The Balaban J connectivity index is 2.25. The second kappa shape index (κ2) is 3.82. The van der Waals surface area contributed by atoms with Crippen molar-refractivity contribution in [1.82, 2.24) is 10.2 Å². The Hall–Kier alpha value is -1.93. The summed E-state index contributed by atoms with van der Waals surface area (Å²) < 4.78 is 0. The minimum Gasteiger partial charge on any atom is -0.277 e. The normalized spacial score (nSPS) is 18.1. The molecule has 2 aromatic rings. The molecule has 1 heterocycles. The predicted molar refractivity (Wildman–Crippen MR) is 64.4 cm³/mol. The number of hydrogen-bond donors (Lipinski definition) is 1. The molecule has 17 heavy (non-hydrogen) atoms. The third-order valence-corrected chi connectivity index (χ3v) is 3.67. The summed E-state index contributed by atoms with van der Waals surface area (Å²) in [6, 6.07) is 6.04. The SMILES string of the molecule is O=C=NC1(c2cccc3cn[nH]c23)CCCC1.